The number of aliphatic carboxylic acids is 1. The Balaban J connectivity index is 1.76. The van der Waals surface area contributed by atoms with Gasteiger partial charge in [-0.05, 0) is 59.8 Å². The Labute approximate surface area is 164 Å². The van der Waals surface area contributed by atoms with Crippen molar-refractivity contribution < 1.29 is 23.4 Å². The summed E-state index contributed by atoms with van der Waals surface area (Å²) in [5.74, 6) is -0.674. The zero-order valence-corrected chi connectivity index (χ0v) is 15.4. The topological polar surface area (TPSA) is 85.5 Å². The van der Waals surface area contributed by atoms with Gasteiger partial charge >= 0.3 is 5.97 Å². The molecule has 0 aliphatic carbocycles. The molecule has 0 saturated heterocycles. The Kier molecular flexibility index (Phi) is 6.23. The van der Waals surface area contributed by atoms with Crippen LogP contribution in [0.15, 0.2) is 75.7 Å². The molecule has 0 fully saturated rings. The third kappa shape index (κ3) is 5.08. The maximum atomic E-state index is 13.0. The number of hydrogen-bond donors (Lipinski definition) is 1. The van der Waals surface area contributed by atoms with E-state index in [0.29, 0.717) is 23.5 Å². The first-order valence-corrected chi connectivity index (χ1v) is 8.93. The standard InChI is InChI=1S/C20H15FN2O4S/c1-2-11-26-16-9-3-13(4-10-16)12-17(19(24)25)28-20-23-22-18(27-20)14-5-7-15(21)8-6-14/h2-10,12H,1,11H2,(H,24,25)/b17-12+. The second-order valence-electron chi connectivity index (χ2n) is 5.46. The minimum Gasteiger partial charge on any atom is -0.490 e. The Hall–Kier alpha value is -3.39. The van der Waals surface area contributed by atoms with E-state index in [2.05, 4.69) is 16.8 Å². The quantitative estimate of drug-likeness (QED) is 0.336. The first-order chi connectivity index (χ1) is 13.5. The lowest BCUT2D eigenvalue weighted by atomic mass is 10.2. The summed E-state index contributed by atoms with van der Waals surface area (Å²) in [7, 11) is 0. The van der Waals surface area contributed by atoms with Crippen molar-refractivity contribution in [2.24, 2.45) is 0 Å². The second kappa shape index (κ2) is 9.01. The zero-order valence-electron chi connectivity index (χ0n) is 14.5. The van der Waals surface area contributed by atoms with Gasteiger partial charge in [0.2, 0.25) is 5.89 Å². The van der Waals surface area contributed by atoms with Crippen LogP contribution in [-0.4, -0.2) is 27.9 Å². The van der Waals surface area contributed by atoms with Crippen LogP contribution < -0.4 is 4.74 Å². The second-order valence-corrected chi connectivity index (χ2v) is 6.46. The molecule has 3 aromatic rings. The van der Waals surface area contributed by atoms with Crippen LogP contribution in [0.3, 0.4) is 0 Å². The molecule has 0 aliphatic rings. The normalized spacial score (nSPS) is 11.2. The summed E-state index contributed by atoms with van der Waals surface area (Å²) in [6, 6.07) is 12.5. The van der Waals surface area contributed by atoms with Crippen molar-refractivity contribution in [1.82, 2.24) is 10.2 Å². The molecule has 0 saturated carbocycles. The molecule has 0 bridgehead atoms. The Morgan fingerprint density at radius 2 is 1.89 bits per heavy atom. The highest BCUT2D eigenvalue weighted by molar-refractivity contribution is 8.03. The highest BCUT2D eigenvalue weighted by Crippen LogP contribution is 2.30. The number of rotatable bonds is 8. The number of ether oxygens (including phenoxy) is 1. The van der Waals surface area contributed by atoms with Gasteiger partial charge in [0, 0.05) is 5.56 Å². The van der Waals surface area contributed by atoms with E-state index in [-0.39, 0.29) is 21.8 Å². The summed E-state index contributed by atoms with van der Waals surface area (Å²) in [6.45, 7) is 3.97. The maximum Gasteiger partial charge on any atom is 0.342 e. The average molecular weight is 398 g/mol. The minimum absolute atomic E-state index is 0.00839. The van der Waals surface area contributed by atoms with E-state index in [0.717, 1.165) is 11.8 Å². The smallest absolute Gasteiger partial charge is 0.342 e. The maximum absolute atomic E-state index is 13.0. The molecule has 0 atom stereocenters. The van der Waals surface area contributed by atoms with E-state index in [1.165, 1.54) is 30.3 Å². The van der Waals surface area contributed by atoms with E-state index in [1.807, 2.05) is 0 Å². The molecular formula is C20H15FN2O4S. The molecule has 0 aliphatic heterocycles. The fourth-order valence-electron chi connectivity index (χ4n) is 2.16. The fraction of sp³-hybridized carbons (Fsp3) is 0.0500. The first kappa shape index (κ1) is 19.4. The number of halogens is 1. The van der Waals surface area contributed by atoms with E-state index >= 15 is 0 Å². The van der Waals surface area contributed by atoms with E-state index < -0.39 is 5.97 Å². The number of carboxylic acid groups (broad SMARTS) is 1. The van der Waals surface area contributed by atoms with Crippen LogP contribution in [-0.2, 0) is 4.79 Å². The van der Waals surface area contributed by atoms with Crippen molar-refractivity contribution >= 4 is 23.8 Å². The molecule has 1 aromatic heterocycles. The number of thioether (sulfide) groups is 1. The molecule has 0 spiro atoms. The fourth-order valence-corrected chi connectivity index (χ4v) is 2.83. The van der Waals surface area contributed by atoms with Gasteiger partial charge in [0.25, 0.3) is 5.22 Å². The largest absolute Gasteiger partial charge is 0.490 e. The summed E-state index contributed by atoms with van der Waals surface area (Å²) in [5, 5.41) is 17.2. The molecule has 1 heterocycles. The van der Waals surface area contributed by atoms with Crippen LogP contribution in [0.25, 0.3) is 17.5 Å². The molecule has 0 unspecified atom stereocenters. The van der Waals surface area contributed by atoms with Crippen molar-refractivity contribution in [3.05, 3.63) is 77.5 Å². The van der Waals surface area contributed by atoms with Gasteiger partial charge in [-0.2, -0.15) is 0 Å². The van der Waals surface area contributed by atoms with Crippen LogP contribution in [0, 0.1) is 5.82 Å². The number of carbonyl (C=O) groups is 1. The number of hydrogen-bond acceptors (Lipinski definition) is 6. The highest BCUT2D eigenvalue weighted by Gasteiger charge is 2.16. The van der Waals surface area contributed by atoms with Gasteiger partial charge in [0.1, 0.15) is 23.1 Å². The Bertz CT molecular complexity index is 998. The van der Waals surface area contributed by atoms with Crippen molar-refractivity contribution in [2.45, 2.75) is 5.22 Å². The SMILES string of the molecule is C=CCOc1ccc(/C=C(/Sc2nnc(-c3ccc(F)cc3)o2)C(=O)O)cc1. The van der Waals surface area contributed by atoms with Gasteiger partial charge in [-0.25, -0.2) is 9.18 Å². The molecule has 6 nitrogen and oxygen atoms in total. The van der Waals surface area contributed by atoms with Gasteiger partial charge in [-0.1, -0.05) is 24.8 Å². The van der Waals surface area contributed by atoms with Crippen LogP contribution in [0.1, 0.15) is 5.56 Å². The predicted molar refractivity (Wildman–Crippen MR) is 103 cm³/mol. The third-order valence-electron chi connectivity index (χ3n) is 3.45. The monoisotopic (exact) mass is 398 g/mol. The molecule has 1 N–H and O–H groups in total. The number of aromatic nitrogens is 2. The minimum atomic E-state index is -1.13. The molecule has 28 heavy (non-hydrogen) atoms. The predicted octanol–water partition coefficient (Wildman–Crippen LogP) is 4.66. The van der Waals surface area contributed by atoms with Gasteiger partial charge in [0.05, 0.1) is 0 Å². The van der Waals surface area contributed by atoms with Crippen LogP contribution in [0.2, 0.25) is 0 Å². The van der Waals surface area contributed by atoms with E-state index in [4.69, 9.17) is 9.15 Å². The van der Waals surface area contributed by atoms with Crippen molar-refractivity contribution in [3.63, 3.8) is 0 Å². The zero-order chi connectivity index (χ0) is 19.9. The molecule has 142 valence electrons. The lowest BCUT2D eigenvalue weighted by Gasteiger charge is -2.03. The number of carboxylic acids is 1. The van der Waals surface area contributed by atoms with Crippen LogP contribution in [0.4, 0.5) is 4.39 Å². The average Bonchev–Trinajstić information content (AvgIpc) is 3.16. The highest BCUT2D eigenvalue weighted by atomic mass is 32.2. The van der Waals surface area contributed by atoms with Crippen molar-refractivity contribution in [3.8, 4) is 17.2 Å². The molecule has 3 rings (SSSR count). The van der Waals surface area contributed by atoms with Crippen LogP contribution >= 0.6 is 11.8 Å². The molecule has 2 aromatic carbocycles. The Morgan fingerprint density at radius 1 is 1.18 bits per heavy atom. The summed E-state index contributed by atoms with van der Waals surface area (Å²) in [6.07, 6.45) is 3.13. The van der Waals surface area contributed by atoms with Gasteiger partial charge in [0.15, 0.2) is 0 Å². The van der Waals surface area contributed by atoms with Crippen molar-refractivity contribution in [1.29, 1.82) is 0 Å². The summed E-state index contributed by atoms with van der Waals surface area (Å²) < 4.78 is 23.9. The molecule has 0 amide bonds. The lowest BCUT2D eigenvalue weighted by Crippen LogP contribution is -1.97. The third-order valence-corrected chi connectivity index (χ3v) is 4.30. The summed E-state index contributed by atoms with van der Waals surface area (Å²) in [5.41, 5.74) is 1.21. The van der Waals surface area contributed by atoms with Crippen LogP contribution in [0.5, 0.6) is 5.75 Å². The van der Waals surface area contributed by atoms with Gasteiger partial charge in [-0.3, -0.25) is 0 Å². The van der Waals surface area contributed by atoms with Gasteiger partial charge in [-0.15, -0.1) is 10.2 Å². The molecule has 8 heteroatoms. The number of nitrogens with zero attached hydrogens (tertiary/aromatic N) is 2. The molecule has 0 radical (unpaired) electrons. The molecular weight excluding hydrogens is 383 g/mol. The first-order valence-electron chi connectivity index (χ1n) is 8.11. The Morgan fingerprint density at radius 3 is 2.54 bits per heavy atom. The van der Waals surface area contributed by atoms with E-state index in [1.54, 1.807) is 30.3 Å². The van der Waals surface area contributed by atoms with Gasteiger partial charge < -0.3 is 14.3 Å². The summed E-state index contributed by atoms with van der Waals surface area (Å²) >= 11 is 0.831. The lowest BCUT2D eigenvalue weighted by molar-refractivity contribution is -0.131. The summed E-state index contributed by atoms with van der Waals surface area (Å²) in [4.78, 5) is 11.6. The van der Waals surface area contributed by atoms with E-state index in [9.17, 15) is 14.3 Å². The van der Waals surface area contributed by atoms with Crippen molar-refractivity contribution in [2.75, 3.05) is 6.61 Å². The number of benzene rings is 2.